The molecule has 3 rings (SSSR count). The lowest BCUT2D eigenvalue weighted by Crippen LogP contribution is -2.36. The van der Waals surface area contributed by atoms with Crippen LogP contribution in [-0.2, 0) is 21.4 Å². The minimum Gasteiger partial charge on any atom is -0.361 e. The summed E-state index contributed by atoms with van der Waals surface area (Å²) in [5.41, 5.74) is 2.93. The molecule has 2 amide bonds. The smallest absolute Gasteiger partial charge is 0.260 e. The lowest BCUT2D eigenvalue weighted by Gasteiger charge is -2.18. The molecule has 1 heterocycles. The van der Waals surface area contributed by atoms with Gasteiger partial charge in [0, 0.05) is 29.6 Å². The minimum atomic E-state index is -3.24. The lowest BCUT2D eigenvalue weighted by molar-refractivity contribution is -0.114. The highest BCUT2D eigenvalue weighted by molar-refractivity contribution is 7.89. The van der Waals surface area contributed by atoms with Crippen molar-refractivity contribution in [1.82, 2.24) is 10.0 Å². The van der Waals surface area contributed by atoms with Gasteiger partial charge in [-0.15, -0.1) is 0 Å². The first-order valence-electron chi connectivity index (χ1n) is 8.37. The van der Waals surface area contributed by atoms with Crippen LogP contribution >= 0.6 is 0 Å². The van der Waals surface area contributed by atoms with Crippen LogP contribution in [-0.4, -0.2) is 26.0 Å². The van der Waals surface area contributed by atoms with Crippen molar-refractivity contribution < 1.29 is 18.0 Å². The van der Waals surface area contributed by atoms with Gasteiger partial charge in [0.05, 0.1) is 11.3 Å². The molecule has 2 aromatic rings. The number of benzene rings is 2. The van der Waals surface area contributed by atoms with Crippen molar-refractivity contribution in [2.24, 2.45) is 0 Å². The van der Waals surface area contributed by atoms with Gasteiger partial charge >= 0.3 is 0 Å². The van der Waals surface area contributed by atoms with Crippen molar-refractivity contribution >= 4 is 33.1 Å². The Morgan fingerprint density at radius 3 is 2.30 bits per heavy atom. The molecule has 0 saturated carbocycles. The second-order valence-electron chi connectivity index (χ2n) is 5.95. The molecule has 140 valence electrons. The summed E-state index contributed by atoms with van der Waals surface area (Å²) in [6.45, 7) is 1.80. The molecular formula is C19H19N3O4S. The van der Waals surface area contributed by atoms with Crippen molar-refractivity contribution in [2.75, 3.05) is 11.1 Å². The molecule has 0 bridgehead atoms. The average molecular weight is 385 g/mol. The van der Waals surface area contributed by atoms with Gasteiger partial charge in [0.2, 0.25) is 10.0 Å². The van der Waals surface area contributed by atoms with Crippen LogP contribution in [0, 0.1) is 0 Å². The Balaban J connectivity index is 1.74. The van der Waals surface area contributed by atoms with E-state index in [9.17, 15) is 18.0 Å². The van der Waals surface area contributed by atoms with Crippen LogP contribution in [0.1, 0.15) is 28.4 Å². The highest BCUT2D eigenvalue weighted by Gasteiger charge is 2.26. The Kier molecular flexibility index (Phi) is 5.38. The fourth-order valence-corrected chi connectivity index (χ4v) is 3.18. The van der Waals surface area contributed by atoms with Gasteiger partial charge in [-0.1, -0.05) is 30.3 Å². The van der Waals surface area contributed by atoms with E-state index >= 15 is 0 Å². The molecule has 1 aliphatic heterocycles. The molecule has 1 aliphatic rings. The van der Waals surface area contributed by atoms with Crippen molar-refractivity contribution in [1.29, 1.82) is 0 Å². The zero-order valence-corrected chi connectivity index (χ0v) is 15.5. The van der Waals surface area contributed by atoms with Gasteiger partial charge in [0.1, 0.15) is 0 Å². The maximum absolute atomic E-state index is 12.1. The van der Waals surface area contributed by atoms with Crippen LogP contribution in [0.5, 0.6) is 0 Å². The van der Waals surface area contributed by atoms with E-state index in [4.69, 9.17) is 0 Å². The summed E-state index contributed by atoms with van der Waals surface area (Å²) in [5.74, 6) is -0.838. The SMILES string of the molecule is CCS(=O)(=O)NCc1ccc(N/C=C2\C(=O)NC(=O)c3ccccc32)cc1. The van der Waals surface area contributed by atoms with Gasteiger partial charge in [-0.05, 0) is 30.7 Å². The molecule has 7 nitrogen and oxygen atoms in total. The molecule has 0 fully saturated rings. The zero-order valence-electron chi connectivity index (χ0n) is 14.7. The zero-order chi connectivity index (χ0) is 19.4. The normalized spacial score (nSPS) is 15.4. The van der Waals surface area contributed by atoms with E-state index in [1.165, 1.54) is 0 Å². The molecule has 0 spiro atoms. The van der Waals surface area contributed by atoms with Crippen molar-refractivity contribution in [2.45, 2.75) is 13.5 Å². The number of carbonyl (C=O) groups is 2. The fourth-order valence-electron chi connectivity index (χ4n) is 2.59. The fraction of sp³-hybridized carbons (Fsp3) is 0.158. The Morgan fingerprint density at radius 1 is 0.963 bits per heavy atom. The molecule has 0 radical (unpaired) electrons. The Hall–Kier alpha value is -2.97. The number of imide groups is 1. The number of rotatable bonds is 6. The number of fused-ring (bicyclic) bond motifs is 1. The predicted octanol–water partition coefficient (Wildman–Crippen LogP) is 1.85. The van der Waals surface area contributed by atoms with E-state index in [-0.39, 0.29) is 12.3 Å². The van der Waals surface area contributed by atoms with Gasteiger partial charge in [-0.2, -0.15) is 0 Å². The van der Waals surface area contributed by atoms with Crippen LogP contribution in [0.3, 0.4) is 0 Å². The number of sulfonamides is 1. The second-order valence-corrected chi connectivity index (χ2v) is 8.05. The van der Waals surface area contributed by atoms with Gasteiger partial charge in [0.15, 0.2) is 0 Å². The van der Waals surface area contributed by atoms with E-state index < -0.39 is 21.8 Å². The number of anilines is 1. The summed E-state index contributed by atoms with van der Waals surface area (Å²) in [4.78, 5) is 24.0. The van der Waals surface area contributed by atoms with Crippen LogP contribution in [0.2, 0.25) is 0 Å². The van der Waals surface area contributed by atoms with Gasteiger partial charge in [0.25, 0.3) is 11.8 Å². The monoisotopic (exact) mass is 385 g/mol. The van der Waals surface area contributed by atoms with E-state index in [0.29, 0.717) is 16.7 Å². The largest absolute Gasteiger partial charge is 0.361 e. The second kappa shape index (κ2) is 7.73. The van der Waals surface area contributed by atoms with Crippen molar-refractivity contribution in [3.63, 3.8) is 0 Å². The molecule has 2 aromatic carbocycles. The summed E-state index contributed by atoms with van der Waals surface area (Å²) in [6.07, 6.45) is 1.55. The summed E-state index contributed by atoms with van der Waals surface area (Å²) in [6, 6.07) is 14.0. The molecule has 0 atom stereocenters. The Labute approximate surface area is 157 Å². The van der Waals surface area contributed by atoms with E-state index in [1.807, 2.05) is 0 Å². The van der Waals surface area contributed by atoms with Gasteiger partial charge in [-0.3, -0.25) is 14.9 Å². The van der Waals surface area contributed by atoms with Crippen LogP contribution < -0.4 is 15.4 Å². The summed E-state index contributed by atoms with van der Waals surface area (Å²) >= 11 is 0. The van der Waals surface area contributed by atoms with Crippen molar-refractivity contribution in [3.05, 3.63) is 71.4 Å². The van der Waals surface area contributed by atoms with Crippen LogP contribution in [0.4, 0.5) is 5.69 Å². The summed E-state index contributed by atoms with van der Waals surface area (Å²) < 4.78 is 25.5. The predicted molar refractivity (Wildman–Crippen MR) is 103 cm³/mol. The van der Waals surface area contributed by atoms with Crippen molar-refractivity contribution in [3.8, 4) is 0 Å². The maximum Gasteiger partial charge on any atom is 0.260 e. The molecule has 0 saturated heterocycles. The molecule has 0 aliphatic carbocycles. The minimum absolute atomic E-state index is 0.0340. The third-order valence-corrected chi connectivity index (χ3v) is 5.49. The Bertz CT molecular complexity index is 1010. The summed E-state index contributed by atoms with van der Waals surface area (Å²) in [5, 5.41) is 5.35. The first-order chi connectivity index (χ1) is 12.9. The third kappa shape index (κ3) is 4.42. The lowest BCUT2D eigenvalue weighted by atomic mass is 9.96. The molecular weight excluding hydrogens is 366 g/mol. The first-order valence-corrected chi connectivity index (χ1v) is 10.0. The summed E-state index contributed by atoms with van der Waals surface area (Å²) in [7, 11) is -3.24. The number of carbonyl (C=O) groups excluding carboxylic acids is 2. The molecule has 8 heteroatoms. The van der Waals surface area contributed by atoms with Gasteiger partial charge in [-0.25, -0.2) is 13.1 Å². The highest BCUT2D eigenvalue weighted by atomic mass is 32.2. The van der Waals surface area contributed by atoms with E-state index in [0.717, 1.165) is 11.3 Å². The number of amides is 2. The van der Waals surface area contributed by atoms with Crippen LogP contribution in [0.25, 0.3) is 5.57 Å². The third-order valence-electron chi connectivity index (χ3n) is 4.15. The molecule has 27 heavy (non-hydrogen) atoms. The highest BCUT2D eigenvalue weighted by Crippen LogP contribution is 2.24. The maximum atomic E-state index is 12.1. The first kappa shape index (κ1) is 18.8. The van der Waals surface area contributed by atoms with E-state index in [2.05, 4.69) is 15.4 Å². The molecule has 3 N–H and O–H groups in total. The quantitative estimate of drug-likeness (QED) is 0.520. The molecule has 0 unspecified atom stereocenters. The van der Waals surface area contributed by atoms with E-state index in [1.54, 1.807) is 61.7 Å². The topological polar surface area (TPSA) is 104 Å². The number of nitrogens with one attached hydrogen (secondary N) is 3. The Morgan fingerprint density at radius 2 is 1.63 bits per heavy atom. The average Bonchev–Trinajstić information content (AvgIpc) is 2.67. The standard InChI is InChI=1S/C19H19N3O4S/c1-2-27(25,26)21-11-13-7-9-14(10-8-13)20-12-17-15-5-3-4-6-16(15)18(23)22-19(17)24/h3-10,12,20-21H,2,11H2,1H3,(H,22,23,24)/b17-12-. The van der Waals surface area contributed by atoms with Gasteiger partial charge < -0.3 is 5.32 Å². The van der Waals surface area contributed by atoms with Crippen LogP contribution in [0.15, 0.2) is 54.7 Å². The number of hydrogen-bond donors (Lipinski definition) is 3. The molecule has 0 aromatic heterocycles. The number of hydrogen-bond acceptors (Lipinski definition) is 5.